The van der Waals surface area contributed by atoms with Gasteiger partial charge in [0.2, 0.25) is 0 Å². The molecule has 1 amide bonds. The maximum absolute atomic E-state index is 13.8. The number of nitrogens with zero attached hydrogens (tertiary/aromatic N) is 4. The second-order valence-corrected chi connectivity index (χ2v) is 6.77. The van der Waals surface area contributed by atoms with Gasteiger partial charge in [-0.05, 0) is 18.2 Å². The number of thiazole rings is 1. The minimum Gasteiger partial charge on any atom is -0.395 e. The van der Waals surface area contributed by atoms with Gasteiger partial charge >= 0.3 is 5.88 Å². The Balaban J connectivity index is 1.45. The van der Waals surface area contributed by atoms with E-state index in [-0.39, 0.29) is 17.5 Å². The summed E-state index contributed by atoms with van der Waals surface area (Å²) in [5.74, 6) is -1.23. The highest BCUT2D eigenvalue weighted by Gasteiger charge is 2.27. The summed E-state index contributed by atoms with van der Waals surface area (Å²) >= 11 is 1.41. The Morgan fingerprint density at radius 2 is 2.00 bits per heavy atom. The normalized spacial score (nSPS) is 14.8. The van der Waals surface area contributed by atoms with Gasteiger partial charge in [0.1, 0.15) is 16.3 Å². The highest BCUT2D eigenvalue weighted by Crippen LogP contribution is 2.30. The summed E-state index contributed by atoms with van der Waals surface area (Å²) < 4.78 is 19.5. The molecule has 1 aromatic carbocycles. The van der Waals surface area contributed by atoms with Crippen molar-refractivity contribution in [3.8, 4) is 0 Å². The van der Waals surface area contributed by atoms with Crippen LogP contribution in [0.4, 0.5) is 15.4 Å². The van der Waals surface area contributed by atoms with Crippen molar-refractivity contribution in [3.63, 3.8) is 0 Å². The SMILES string of the molecule is O=C(c1ccc([N+](=O)[O-])o1)N1CCN(c2nc3c(F)cccc3s2)CC1. The number of hydrogen-bond donors (Lipinski definition) is 0. The maximum atomic E-state index is 13.8. The third-order valence-electron chi connectivity index (χ3n) is 4.18. The average Bonchev–Trinajstić information content (AvgIpc) is 3.29. The summed E-state index contributed by atoms with van der Waals surface area (Å²) in [6, 6.07) is 7.33. The number of nitro groups is 1. The Labute approximate surface area is 150 Å². The number of hydrogen-bond acceptors (Lipinski definition) is 7. The molecule has 0 spiro atoms. The van der Waals surface area contributed by atoms with Gasteiger partial charge in [0.05, 0.1) is 10.8 Å². The number of aromatic nitrogens is 1. The molecule has 2 aromatic heterocycles. The number of carbonyl (C=O) groups excluding carboxylic acids is 1. The lowest BCUT2D eigenvalue weighted by Gasteiger charge is -2.34. The summed E-state index contributed by atoms with van der Waals surface area (Å²) in [4.78, 5) is 30.3. The minimum absolute atomic E-state index is 0.0489. The second kappa shape index (κ2) is 6.37. The molecule has 10 heteroatoms. The van der Waals surface area contributed by atoms with Crippen LogP contribution >= 0.6 is 11.3 Å². The van der Waals surface area contributed by atoms with Crippen LogP contribution < -0.4 is 4.90 Å². The quantitative estimate of drug-likeness (QED) is 0.515. The number of para-hydroxylation sites is 1. The Morgan fingerprint density at radius 1 is 1.23 bits per heavy atom. The van der Waals surface area contributed by atoms with Crippen molar-refractivity contribution in [1.82, 2.24) is 9.88 Å². The van der Waals surface area contributed by atoms with Crippen molar-refractivity contribution in [2.45, 2.75) is 0 Å². The summed E-state index contributed by atoms with van der Waals surface area (Å²) in [7, 11) is 0. The molecular formula is C16H13FN4O4S. The number of benzene rings is 1. The Morgan fingerprint density at radius 3 is 2.65 bits per heavy atom. The molecule has 0 atom stereocenters. The topological polar surface area (TPSA) is 92.7 Å². The van der Waals surface area contributed by atoms with E-state index in [1.165, 1.54) is 29.5 Å². The number of carbonyl (C=O) groups is 1. The number of anilines is 1. The van der Waals surface area contributed by atoms with Gasteiger partial charge in [-0.3, -0.25) is 14.9 Å². The molecule has 1 saturated heterocycles. The molecule has 1 fully saturated rings. The van der Waals surface area contributed by atoms with E-state index >= 15 is 0 Å². The molecule has 0 radical (unpaired) electrons. The van der Waals surface area contributed by atoms with Gasteiger partial charge < -0.3 is 14.2 Å². The van der Waals surface area contributed by atoms with Crippen molar-refractivity contribution < 1.29 is 18.5 Å². The number of rotatable bonds is 3. The summed E-state index contributed by atoms with van der Waals surface area (Å²) in [6.45, 7) is 1.92. The van der Waals surface area contributed by atoms with Gasteiger partial charge in [0.15, 0.2) is 10.9 Å². The van der Waals surface area contributed by atoms with Gasteiger partial charge in [-0.25, -0.2) is 9.37 Å². The van der Waals surface area contributed by atoms with Crippen molar-refractivity contribution >= 4 is 38.5 Å². The van der Waals surface area contributed by atoms with Gasteiger partial charge in [-0.1, -0.05) is 17.4 Å². The molecule has 0 N–H and O–H groups in total. The molecular weight excluding hydrogens is 363 g/mol. The largest absolute Gasteiger partial charge is 0.433 e. The minimum atomic E-state index is -0.680. The van der Waals surface area contributed by atoms with E-state index in [1.807, 2.05) is 11.0 Å². The lowest BCUT2D eigenvalue weighted by Crippen LogP contribution is -2.48. The zero-order valence-electron chi connectivity index (χ0n) is 13.4. The van der Waals surface area contributed by atoms with E-state index in [0.717, 1.165) is 4.70 Å². The predicted octanol–water partition coefficient (Wildman–Crippen LogP) is 2.90. The van der Waals surface area contributed by atoms with Crippen LogP contribution in [0.5, 0.6) is 0 Å². The third-order valence-corrected chi connectivity index (χ3v) is 5.26. The van der Waals surface area contributed by atoms with Gasteiger partial charge in [-0.15, -0.1) is 0 Å². The Hall–Kier alpha value is -3.01. The first kappa shape index (κ1) is 16.5. The summed E-state index contributed by atoms with van der Waals surface area (Å²) in [5, 5.41) is 11.4. The van der Waals surface area contributed by atoms with Crippen LogP contribution in [-0.2, 0) is 0 Å². The number of furan rings is 1. The Bertz CT molecular complexity index is 993. The average molecular weight is 376 g/mol. The molecule has 0 bridgehead atoms. The molecule has 0 saturated carbocycles. The highest BCUT2D eigenvalue weighted by atomic mass is 32.1. The molecule has 0 aliphatic carbocycles. The molecule has 134 valence electrons. The molecule has 4 rings (SSSR count). The first-order valence-electron chi connectivity index (χ1n) is 7.86. The number of amides is 1. The van der Waals surface area contributed by atoms with E-state index in [1.54, 1.807) is 11.0 Å². The molecule has 1 aliphatic heterocycles. The summed E-state index contributed by atoms with van der Waals surface area (Å²) in [6.07, 6.45) is 0. The van der Waals surface area contributed by atoms with Crippen LogP contribution in [0.1, 0.15) is 10.6 Å². The fraction of sp³-hybridized carbons (Fsp3) is 0.250. The first-order chi connectivity index (χ1) is 12.5. The summed E-state index contributed by atoms with van der Waals surface area (Å²) in [5.41, 5.74) is 0.355. The number of piperazine rings is 1. The zero-order valence-corrected chi connectivity index (χ0v) is 14.2. The van der Waals surface area contributed by atoms with E-state index in [9.17, 15) is 19.3 Å². The lowest BCUT2D eigenvalue weighted by molar-refractivity contribution is -0.402. The number of fused-ring (bicyclic) bond motifs is 1. The van der Waals surface area contributed by atoms with Crippen LogP contribution in [0.25, 0.3) is 10.2 Å². The fourth-order valence-corrected chi connectivity index (χ4v) is 3.87. The van der Waals surface area contributed by atoms with Gasteiger partial charge in [0, 0.05) is 26.2 Å². The van der Waals surface area contributed by atoms with E-state index in [0.29, 0.717) is 36.8 Å². The monoisotopic (exact) mass is 376 g/mol. The lowest BCUT2D eigenvalue weighted by atomic mass is 10.3. The van der Waals surface area contributed by atoms with E-state index in [2.05, 4.69) is 4.98 Å². The molecule has 1 aliphatic rings. The van der Waals surface area contributed by atoms with E-state index < -0.39 is 10.8 Å². The third kappa shape index (κ3) is 2.88. The van der Waals surface area contributed by atoms with Crippen LogP contribution in [0, 0.1) is 15.9 Å². The van der Waals surface area contributed by atoms with Crippen molar-refractivity contribution in [2.24, 2.45) is 0 Å². The van der Waals surface area contributed by atoms with Crippen LogP contribution in [-0.4, -0.2) is 46.9 Å². The van der Waals surface area contributed by atoms with Crippen molar-refractivity contribution in [1.29, 1.82) is 0 Å². The fourth-order valence-electron chi connectivity index (χ4n) is 2.84. The molecule has 0 unspecified atom stereocenters. The van der Waals surface area contributed by atoms with E-state index in [4.69, 9.17) is 4.42 Å². The number of halogens is 1. The predicted molar refractivity (Wildman–Crippen MR) is 93.1 cm³/mol. The van der Waals surface area contributed by atoms with Crippen LogP contribution in [0.2, 0.25) is 0 Å². The van der Waals surface area contributed by atoms with Crippen LogP contribution in [0.15, 0.2) is 34.7 Å². The second-order valence-electron chi connectivity index (χ2n) is 5.76. The van der Waals surface area contributed by atoms with Crippen molar-refractivity contribution in [3.05, 3.63) is 52.0 Å². The van der Waals surface area contributed by atoms with Gasteiger partial charge in [-0.2, -0.15) is 0 Å². The molecule has 8 nitrogen and oxygen atoms in total. The smallest absolute Gasteiger partial charge is 0.395 e. The van der Waals surface area contributed by atoms with Crippen LogP contribution in [0.3, 0.4) is 0 Å². The van der Waals surface area contributed by atoms with Crippen molar-refractivity contribution in [2.75, 3.05) is 31.1 Å². The van der Waals surface area contributed by atoms with Gasteiger partial charge in [0.25, 0.3) is 5.91 Å². The first-order valence-corrected chi connectivity index (χ1v) is 8.68. The Kier molecular flexibility index (Phi) is 4.03. The molecule has 26 heavy (non-hydrogen) atoms. The standard InChI is InChI=1S/C16H13FN4O4S/c17-10-2-1-3-12-14(10)18-16(26-12)20-8-6-19(7-9-20)15(22)11-4-5-13(25-11)21(23)24/h1-5H,6-9H2. The highest BCUT2D eigenvalue weighted by molar-refractivity contribution is 7.22. The molecule has 3 aromatic rings. The molecule has 3 heterocycles. The zero-order chi connectivity index (χ0) is 18.3. The maximum Gasteiger partial charge on any atom is 0.433 e.